The first-order valence-electron chi connectivity index (χ1n) is 8.78. The molecule has 0 saturated carbocycles. The highest BCUT2D eigenvalue weighted by Crippen LogP contribution is 2.22. The Morgan fingerprint density at radius 1 is 1.35 bits per heavy atom. The topological polar surface area (TPSA) is 70.7 Å². The van der Waals surface area contributed by atoms with Gasteiger partial charge in [0.25, 0.3) is 0 Å². The third-order valence-corrected chi connectivity index (χ3v) is 5.54. The minimum atomic E-state index is -0.542. The number of benzene rings is 1. The standard InChI is InChI=1S/C18H26BrN3O3S/c1-14(23)21-17(13-26-16-5-2-4-15(19)12-16)18(24)20-6-3-7-22-8-10-25-11-9-22/h2,4-5,12,17H,3,6-11,13H2,1H3,(H,20,24)(H,21,23). The lowest BCUT2D eigenvalue weighted by Crippen LogP contribution is -2.48. The molecule has 0 radical (unpaired) electrons. The van der Waals surface area contributed by atoms with E-state index < -0.39 is 6.04 Å². The van der Waals surface area contributed by atoms with Crippen molar-refractivity contribution in [1.82, 2.24) is 15.5 Å². The number of morpholine rings is 1. The molecule has 0 bridgehead atoms. The van der Waals surface area contributed by atoms with Crippen LogP contribution in [0.25, 0.3) is 0 Å². The number of hydrogen-bond acceptors (Lipinski definition) is 5. The molecule has 1 aromatic rings. The van der Waals surface area contributed by atoms with E-state index in [1.54, 1.807) is 11.8 Å². The zero-order valence-corrected chi connectivity index (χ0v) is 17.4. The molecule has 1 aromatic carbocycles. The fourth-order valence-electron chi connectivity index (χ4n) is 2.63. The van der Waals surface area contributed by atoms with Crippen LogP contribution in [0.1, 0.15) is 13.3 Å². The van der Waals surface area contributed by atoms with Gasteiger partial charge in [-0.3, -0.25) is 14.5 Å². The zero-order chi connectivity index (χ0) is 18.8. The first kappa shape index (κ1) is 21.2. The fourth-order valence-corrected chi connectivity index (χ4v) is 4.16. The van der Waals surface area contributed by atoms with E-state index in [0.717, 1.165) is 48.6 Å². The maximum Gasteiger partial charge on any atom is 0.243 e. The highest BCUT2D eigenvalue weighted by molar-refractivity contribution is 9.10. The number of rotatable bonds is 9. The quantitative estimate of drug-likeness (QED) is 0.450. The number of hydrogen-bond donors (Lipinski definition) is 2. The maximum absolute atomic E-state index is 12.4. The largest absolute Gasteiger partial charge is 0.379 e. The summed E-state index contributed by atoms with van der Waals surface area (Å²) in [6.07, 6.45) is 0.886. The van der Waals surface area contributed by atoms with Gasteiger partial charge in [-0.2, -0.15) is 0 Å². The molecule has 1 saturated heterocycles. The molecule has 1 heterocycles. The number of ether oxygens (including phenoxy) is 1. The van der Waals surface area contributed by atoms with Gasteiger partial charge in [-0.05, 0) is 31.2 Å². The van der Waals surface area contributed by atoms with Crippen LogP contribution in [0.3, 0.4) is 0 Å². The van der Waals surface area contributed by atoms with E-state index in [1.165, 1.54) is 6.92 Å². The van der Waals surface area contributed by atoms with Gasteiger partial charge in [-0.25, -0.2) is 0 Å². The summed E-state index contributed by atoms with van der Waals surface area (Å²) in [5, 5.41) is 5.69. The molecule has 2 rings (SSSR count). The van der Waals surface area contributed by atoms with E-state index in [-0.39, 0.29) is 11.8 Å². The van der Waals surface area contributed by atoms with Crippen molar-refractivity contribution in [2.45, 2.75) is 24.3 Å². The van der Waals surface area contributed by atoms with Crippen LogP contribution in [0, 0.1) is 0 Å². The molecule has 1 aliphatic heterocycles. The smallest absolute Gasteiger partial charge is 0.243 e. The molecule has 144 valence electrons. The molecular weight excluding hydrogens is 418 g/mol. The van der Waals surface area contributed by atoms with Crippen molar-refractivity contribution in [3.8, 4) is 0 Å². The summed E-state index contributed by atoms with van der Waals surface area (Å²) in [5.41, 5.74) is 0. The number of amides is 2. The normalized spacial score (nSPS) is 16.1. The molecule has 8 heteroatoms. The lowest BCUT2D eigenvalue weighted by molar-refractivity contribution is -0.127. The predicted octanol–water partition coefficient (Wildman–Crippen LogP) is 1.88. The predicted molar refractivity (Wildman–Crippen MR) is 107 cm³/mol. The van der Waals surface area contributed by atoms with E-state index in [0.29, 0.717) is 12.3 Å². The molecule has 0 aliphatic carbocycles. The first-order chi connectivity index (χ1) is 12.5. The van der Waals surface area contributed by atoms with Gasteiger partial charge in [0.1, 0.15) is 6.04 Å². The summed E-state index contributed by atoms with van der Waals surface area (Å²) in [6, 6.07) is 7.35. The Morgan fingerprint density at radius 2 is 2.12 bits per heavy atom. The van der Waals surface area contributed by atoms with Crippen LogP contribution in [-0.2, 0) is 14.3 Å². The molecule has 0 aromatic heterocycles. The van der Waals surface area contributed by atoms with Crippen molar-refractivity contribution < 1.29 is 14.3 Å². The average Bonchev–Trinajstić information content (AvgIpc) is 2.63. The summed E-state index contributed by atoms with van der Waals surface area (Å²) in [7, 11) is 0. The van der Waals surface area contributed by atoms with E-state index >= 15 is 0 Å². The summed E-state index contributed by atoms with van der Waals surface area (Å²) < 4.78 is 6.32. The van der Waals surface area contributed by atoms with Crippen LogP contribution in [0.15, 0.2) is 33.6 Å². The Morgan fingerprint density at radius 3 is 2.81 bits per heavy atom. The molecule has 1 unspecified atom stereocenters. The summed E-state index contributed by atoms with van der Waals surface area (Å²) in [5.74, 6) is 0.156. The Balaban J connectivity index is 1.75. The molecule has 2 N–H and O–H groups in total. The van der Waals surface area contributed by atoms with Gasteiger partial charge >= 0.3 is 0 Å². The van der Waals surface area contributed by atoms with Crippen LogP contribution >= 0.6 is 27.7 Å². The first-order valence-corrected chi connectivity index (χ1v) is 10.6. The number of carbonyl (C=O) groups is 2. The molecule has 26 heavy (non-hydrogen) atoms. The van der Waals surface area contributed by atoms with Crippen molar-refractivity contribution in [2.75, 3.05) is 45.1 Å². The van der Waals surface area contributed by atoms with Gasteiger partial charge in [0, 0.05) is 41.7 Å². The van der Waals surface area contributed by atoms with Crippen LogP contribution in [-0.4, -0.2) is 67.9 Å². The lowest BCUT2D eigenvalue weighted by Gasteiger charge is -2.26. The van der Waals surface area contributed by atoms with Crippen LogP contribution < -0.4 is 10.6 Å². The molecule has 6 nitrogen and oxygen atoms in total. The van der Waals surface area contributed by atoms with Crippen LogP contribution in [0.2, 0.25) is 0 Å². The van der Waals surface area contributed by atoms with Crippen molar-refractivity contribution in [2.24, 2.45) is 0 Å². The second kappa shape index (κ2) is 11.6. The van der Waals surface area contributed by atoms with Crippen molar-refractivity contribution >= 4 is 39.5 Å². The van der Waals surface area contributed by atoms with Crippen molar-refractivity contribution in [3.05, 3.63) is 28.7 Å². The van der Waals surface area contributed by atoms with E-state index in [1.807, 2.05) is 24.3 Å². The number of nitrogens with one attached hydrogen (secondary N) is 2. The minimum Gasteiger partial charge on any atom is -0.379 e. The molecule has 1 aliphatic rings. The third-order valence-electron chi connectivity index (χ3n) is 3.96. The van der Waals surface area contributed by atoms with Crippen molar-refractivity contribution in [1.29, 1.82) is 0 Å². The van der Waals surface area contributed by atoms with E-state index in [4.69, 9.17) is 4.74 Å². The minimum absolute atomic E-state index is 0.135. The number of nitrogens with zero attached hydrogens (tertiary/aromatic N) is 1. The highest BCUT2D eigenvalue weighted by atomic mass is 79.9. The van der Waals surface area contributed by atoms with Crippen LogP contribution in [0.5, 0.6) is 0 Å². The van der Waals surface area contributed by atoms with Gasteiger partial charge in [-0.1, -0.05) is 22.0 Å². The number of thioether (sulfide) groups is 1. The number of halogens is 1. The fraction of sp³-hybridized carbons (Fsp3) is 0.556. The van der Waals surface area contributed by atoms with E-state index in [9.17, 15) is 9.59 Å². The van der Waals surface area contributed by atoms with Gasteiger partial charge < -0.3 is 15.4 Å². The van der Waals surface area contributed by atoms with Gasteiger partial charge in [0.05, 0.1) is 13.2 Å². The van der Waals surface area contributed by atoms with Gasteiger partial charge in [-0.15, -0.1) is 11.8 Å². The molecule has 1 atom stereocenters. The second-order valence-corrected chi connectivity index (χ2v) is 8.13. The summed E-state index contributed by atoms with van der Waals surface area (Å²) in [6.45, 7) is 6.45. The SMILES string of the molecule is CC(=O)NC(CSc1cccc(Br)c1)C(=O)NCCCN1CCOCC1. The molecule has 2 amide bonds. The van der Waals surface area contributed by atoms with Gasteiger partial charge in [0.15, 0.2) is 0 Å². The third kappa shape index (κ3) is 8.07. The molecular formula is C18H26BrN3O3S. The van der Waals surface area contributed by atoms with Crippen LogP contribution in [0.4, 0.5) is 0 Å². The Hall–Kier alpha value is -1.09. The Labute approximate surface area is 167 Å². The zero-order valence-electron chi connectivity index (χ0n) is 15.0. The lowest BCUT2D eigenvalue weighted by atomic mass is 10.3. The highest BCUT2D eigenvalue weighted by Gasteiger charge is 2.19. The average molecular weight is 444 g/mol. The van der Waals surface area contributed by atoms with Gasteiger partial charge in [0.2, 0.25) is 11.8 Å². The molecule has 0 spiro atoms. The van der Waals surface area contributed by atoms with E-state index in [2.05, 4.69) is 31.5 Å². The monoisotopic (exact) mass is 443 g/mol. The maximum atomic E-state index is 12.4. The Kier molecular flexibility index (Phi) is 9.45. The summed E-state index contributed by atoms with van der Waals surface area (Å²) >= 11 is 4.99. The Bertz CT molecular complexity index is 597. The molecule has 1 fully saturated rings. The summed E-state index contributed by atoms with van der Waals surface area (Å²) in [4.78, 5) is 27.3. The van der Waals surface area contributed by atoms with Crippen molar-refractivity contribution in [3.63, 3.8) is 0 Å². The second-order valence-electron chi connectivity index (χ2n) is 6.12. The number of carbonyl (C=O) groups excluding carboxylic acids is 2.